The standard InChI is InChI=1S/C14H8F5NO3S/c15-9-10(16)12(18)14(13(19)11(9)17)20-7(21)4-23-8(22)3-6-1-2-24-5-6/h1-2,5H,3-4H2,(H,20,21). The molecule has 24 heavy (non-hydrogen) atoms. The van der Waals surface area contributed by atoms with E-state index < -0.39 is 53.3 Å². The molecule has 0 fully saturated rings. The van der Waals surface area contributed by atoms with Crippen LogP contribution in [0.3, 0.4) is 0 Å². The van der Waals surface area contributed by atoms with E-state index in [0.717, 1.165) is 0 Å². The minimum absolute atomic E-state index is 0.126. The summed E-state index contributed by atoms with van der Waals surface area (Å²) in [6.45, 7) is -0.942. The average molecular weight is 365 g/mol. The van der Waals surface area contributed by atoms with Crippen molar-refractivity contribution in [1.29, 1.82) is 0 Å². The van der Waals surface area contributed by atoms with E-state index in [1.807, 2.05) is 0 Å². The molecule has 1 aromatic heterocycles. The predicted molar refractivity (Wildman–Crippen MR) is 73.8 cm³/mol. The van der Waals surface area contributed by atoms with E-state index >= 15 is 0 Å². The van der Waals surface area contributed by atoms with Crippen molar-refractivity contribution in [3.05, 3.63) is 51.5 Å². The fraction of sp³-hybridized carbons (Fsp3) is 0.143. The third-order valence-corrected chi connectivity index (χ3v) is 3.50. The number of thiophene rings is 1. The summed E-state index contributed by atoms with van der Waals surface area (Å²) in [5.41, 5.74) is -0.865. The Morgan fingerprint density at radius 1 is 1.00 bits per heavy atom. The number of carbonyl (C=O) groups is 2. The zero-order valence-corrected chi connectivity index (χ0v) is 12.5. The molecule has 1 aromatic carbocycles. The van der Waals surface area contributed by atoms with Crippen LogP contribution >= 0.6 is 11.3 Å². The SMILES string of the molecule is O=C(COC(=O)Cc1ccsc1)Nc1c(F)c(F)c(F)c(F)c1F. The Kier molecular flexibility index (Phi) is 5.50. The van der Waals surface area contributed by atoms with Gasteiger partial charge in [0.05, 0.1) is 6.42 Å². The number of nitrogens with one attached hydrogen (secondary N) is 1. The van der Waals surface area contributed by atoms with Crippen LogP contribution in [0, 0.1) is 29.1 Å². The van der Waals surface area contributed by atoms with Crippen LogP contribution in [0.5, 0.6) is 0 Å². The lowest BCUT2D eigenvalue weighted by atomic mass is 10.2. The number of anilines is 1. The van der Waals surface area contributed by atoms with E-state index in [0.29, 0.717) is 5.56 Å². The van der Waals surface area contributed by atoms with Gasteiger partial charge in [-0.2, -0.15) is 11.3 Å². The second-order valence-corrected chi connectivity index (χ2v) is 5.24. The molecule has 0 radical (unpaired) electrons. The minimum atomic E-state index is -2.34. The van der Waals surface area contributed by atoms with Crippen LogP contribution < -0.4 is 5.32 Å². The highest BCUT2D eigenvalue weighted by atomic mass is 32.1. The monoisotopic (exact) mass is 365 g/mol. The van der Waals surface area contributed by atoms with Crippen molar-refractivity contribution in [1.82, 2.24) is 0 Å². The van der Waals surface area contributed by atoms with Crippen molar-refractivity contribution in [2.45, 2.75) is 6.42 Å². The van der Waals surface area contributed by atoms with Gasteiger partial charge in [-0.15, -0.1) is 0 Å². The van der Waals surface area contributed by atoms with Gasteiger partial charge in [0, 0.05) is 0 Å². The summed E-state index contributed by atoms with van der Waals surface area (Å²) in [7, 11) is 0. The molecular formula is C14H8F5NO3S. The second kappa shape index (κ2) is 7.39. The molecule has 0 saturated heterocycles. The van der Waals surface area contributed by atoms with Gasteiger partial charge in [-0.05, 0) is 22.4 Å². The van der Waals surface area contributed by atoms with E-state index in [9.17, 15) is 31.5 Å². The van der Waals surface area contributed by atoms with Gasteiger partial charge in [0.1, 0.15) is 5.69 Å². The van der Waals surface area contributed by atoms with Crippen LogP contribution in [-0.4, -0.2) is 18.5 Å². The topological polar surface area (TPSA) is 55.4 Å². The summed E-state index contributed by atoms with van der Waals surface area (Å²) in [6, 6.07) is 1.65. The molecule has 2 aromatic rings. The first kappa shape index (κ1) is 17.9. The first-order chi connectivity index (χ1) is 11.3. The maximum absolute atomic E-state index is 13.4. The third-order valence-electron chi connectivity index (χ3n) is 2.77. The van der Waals surface area contributed by atoms with Gasteiger partial charge in [-0.1, -0.05) is 0 Å². The number of carbonyl (C=O) groups excluding carboxylic acids is 2. The Bertz CT molecular complexity index is 750. The van der Waals surface area contributed by atoms with Gasteiger partial charge in [-0.25, -0.2) is 22.0 Å². The number of rotatable bonds is 5. The summed E-state index contributed by atoms with van der Waals surface area (Å²) in [6.07, 6.45) is -0.126. The Labute approximate surface area is 135 Å². The lowest BCUT2D eigenvalue weighted by Gasteiger charge is -2.10. The fourth-order valence-electron chi connectivity index (χ4n) is 1.65. The number of ether oxygens (including phenoxy) is 1. The zero-order valence-electron chi connectivity index (χ0n) is 11.7. The molecule has 4 nitrogen and oxygen atoms in total. The van der Waals surface area contributed by atoms with Gasteiger partial charge in [-0.3, -0.25) is 9.59 Å². The van der Waals surface area contributed by atoms with Crippen LogP contribution in [0.1, 0.15) is 5.56 Å². The van der Waals surface area contributed by atoms with Crippen molar-refractivity contribution < 1.29 is 36.3 Å². The normalized spacial score (nSPS) is 10.5. The summed E-state index contributed by atoms with van der Waals surface area (Å²) >= 11 is 1.34. The minimum Gasteiger partial charge on any atom is -0.455 e. The average Bonchev–Trinajstić information content (AvgIpc) is 3.06. The number of amides is 1. The first-order valence-electron chi connectivity index (χ1n) is 6.29. The van der Waals surface area contributed by atoms with Gasteiger partial charge in [0.25, 0.3) is 5.91 Å². The summed E-state index contributed by atoms with van der Waals surface area (Å²) in [4.78, 5) is 22.9. The molecule has 0 aliphatic heterocycles. The molecule has 1 heterocycles. The van der Waals surface area contributed by atoms with Crippen LogP contribution in [0.15, 0.2) is 16.8 Å². The fourth-order valence-corrected chi connectivity index (χ4v) is 2.32. The number of esters is 1. The van der Waals surface area contributed by atoms with E-state index in [1.165, 1.54) is 16.7 Å². The Morgan fingerprint density at radius 3 is 2.12 bits per heavy atom. The van der Waals surface area contributed by atoms with Crippen molar-refractivity contribution in [3.8, 4) is 0 Å². The van der Waals surface area contributed by atoms with Crippen molar-refractivity contribution in [2.75, 3.05) is 11.9 Å². The highest BCUT2D eigenvalue weighted by Gasteiger charge is 2.27. The van der Waals surface area contributed by atoms with Crippen molar-refractivity contribution in [2.24, 2.45) is 0 Å². The Balaban J connectivity index is 1.99. The van der Waals surface area contributed by atoms with Crippen LogP contribution in [0.4, 0.5) is 27.6 Å². The van der Waals surface area contributed by atoms with Crippen molar-refractivity contribution in [3.63, 3.8) is 0 Å². The van der Waals surface area contributed by atoms with Gasteiger partial charge < -0.3 is 10.1 Å². The molecule has 2 rings (SSSR count). The highest BCUT2D eigenvalue weighted by Crippen LogP contribution is 2.26. The molecule has 0 aliphatic rings. The van der Waals surface area contributed by atoms with Gasteiger partial charge in [0.2, 0.25) is 5.82 Å². The second-order valence-electron chi connectivity index (χ2n) is 4.46. The largest absolute Gasteiger partial charge is 0.455 e. The maximum atomic E-state index is 13.4. The molecule has 0 bridgehead atoms. The van der Waals surface area contributed by atoms with Crippen molar-refractivity contribution >= 4 is 28.9 Å². The highest BCUT2D eigenvalue weighted by molar-refractivity contribution is 7.07. The Morgan fingerprint density at radius 2 is 1.58 bits per heavy atom. The lowest BCUT2D eigenvalue weighted by Crippen LogP contribution is -2.23. The molecule has 0 spiro atoms. The summed E-state index contributed by atoms with van der Waals surface area (Å²) in [5.74, 6) is -13.2. The number of benzene rings is 1. The van der Waals surface area contributed by atoms with Gasteiger partial charge >= 0.3 is 5.97 Å². The third kappa shape index (κ3) is 3.88. The number of hydrogen-bond donors (Lipinski definition) is 1. The van der Waals surface area contributed by atoms with Crippen LogP contribution in [0.25, 0.3) is 0 Å². The molecule has 128 valence electrons. The smallest absolute Gasteiger partial charge is 0.310 e. The quantitative estimate of drug-likeness (QED) is 0.383. The summed E-state index contributed by atoms with van der Waals surface area (Å²) < 4.78 is 70.1. The van der Waals surface area contributed by atoms with Gasteiger partial charge in [0.15, 0.2) is 29.9 Å². The number of halogens is 5. The zero-order chi connectivity index (χ0) is 17.9. The van der Waals surface area contributed by atoms with E-state index in [2.05, 4.69) is 4.74 Å². The molecule has 0 aliphatic carbocycles. The first-order valence-corrected chi connectivity index (χ1v) is 7.23. The van der Waals surface area contributed by atoms with Crippen LogP contribution in [-0.2, 0) is 20.7 Å². The van der Waals surface area contributed by atoms with Crippen LogP contribution in [0.2, 0.25) is 0 Å². The molecular weight excluding hydrogens is 357 g/mol. The van der Waals surface area contributed by atoms with E-state index in [-0.39, 0.29) is 6.42 Å². The van der Waals surface area contributed by atoms with E-state index in [1.54, 1.807) is 16.8 Å². The predicted octanol–water partition coefficient (Wildman–Crippen LogP) is 3.17. The molecule has 10 heteroatoms. The maximum Gasteiger partial charge on any atom is 0.310 e. The molecule has 0 unspecified atom stereocenters. The lowest BCUT2D eigenvalue weighted by molar-refractivity contribution is -0.146. The molecule has 0 atom stereocenters. The molecule has 1 amide bonds. The molecule has 0 saturated carbocycles. The molecule has 1 N–H and O–H groups in total. The summed E-state index contributed by atoms with van der Waals surface area (Å²) in [5, 5.41) is 4.89. The Hall–Kier alpha value is -2.49. The number of hydrogen-bond acceptors (Lipinski definition) is 4. The van der Waals surface area contributed by atoms with E-state index in [4.69, 9.17) is 0 Å².